The lowest BCUT2D eigenvalue weighted by Crippen LogP contribution is -2.22. The maximum Gasteiger partial charge on any atom is 0.454 e. The van der Waals surface area contributed by atoms with Crippen molar-refractivity contribution in [3.8, 4) is 5.75 Å². The molecule has 2 nitrogen and oxygen atoms in total. The highest BCUT2D eigenvalue weighted by Crippen LogP contribution is 2.30. The van der Waals surface area contributed by atoms with E-state index in [9.17, 15) is 26.7 Å². The van der Waals surface area contributed by atoms with Crippen molar-refractivity contribution < 1.29 is 31.5 Å². The van der Waals surface area contributed by atoms with Crippen LogP contribution in [0.25, 0.3) is 0 Å². The van der Waals surface area contributed by atoms with Gasteiger partial charge < -0.3 is 4.74 Å². The standard InChI is InChI=1S/C9H4BrF5O2/c10-5-2-1-4(7(16)9(13,14)15)3-6(5)17-8(11)12/h1-3,8H. The van der Waals surface area contributed by atoms with E-state index in [1.807, 2.05) is 0 Å². The molecule has 0 N–H and O–H groups in total. The molecule has 1 aromatic rings. The van der Waals surface area contributed by atoms with Crippen LogP contribution in [0.1, 0.15) is 10.4 Å². The molecule has 0 saturated carbocycles. The molecular formula is C9H4BrF5O2. The molecule has 0 spiro atoms. The zero-order valence-corrected chi connectivity index (χ0v) is 9.48. The third kappa shape index (κ3) is 3.65. The molecule has 0 aliphatic rings. The Kier molecular flexibility index (Phi) is 4.07. The second-order valence-corrected chi connectivity index (χ2v) is 3.70. The summed E-state index contributed by atoms with van der Waals surface area (Å²) in [6.45, 7) is -3.19. The normalized spacial score (nSPS) is 11.7. The molecule has 17 heavy (non-hydrogen) atoms. The third-order valence-corrected chi connectivity index (χ3v) is 2.32. The van der Waals surface area contributed by atoms with Gasteiger partial charge in [0.1, 0.15) is 5.75 Å². The van der Waals surface area contributed by atoms with Crippen LogP contribution in [-0.4, -0.2) is 18.6 Å². The molecule has 8 heteroatoms. The summed E-state index contributed by atoms with van der Waals surface area (Å²) in [6.07, 6.45) is -5.06. The van der Waals surface area contributed by atoms with E-state index in [0.29, 0.717) is 6.07 Å². The van der Waals surface area contributed by atoms with Crippen LogP contribution in [0.3, 0.4) is 0 Å². The summed E-state index contributed by atoms with van der Waals surface area (Å²) in [5.74, 6) is -2.65. The summed E-state index contributed by atoms with van der Waals surface area (Å²) in [6, 6.07) is 2.49. The van der Waals surface area contributed by atoms with Gasteiger partial charge in [0, 0.05) is 5.56 Å². The summed E-state index contributed by atoms with van der Waals surface area (Å²) in [5.41, 5.74) is -0.767. The Hall–Kier alpha value is -1.18. The molecule has 94 valence electrons. The van der Waals surface area contributed by atoms with Gasteiger partial charge in [0.15, 0.2) is 0 Å². The average molecular weight is 319 g/mol. The van der Waals surface area contributed by atoms with Crippen molar-refractivity contribution in [3.05, 3.63) is 28.2 Å². The summed E-state index contributed by atoms with van der Waals surface area (Å²) < 4.78 is 64.0. The molecule has 0 bridgehead atoms. The molecule has 0 unspecified atom stereocenters. The van der Waals surface area contributed by atoms with Crippen molar-refractivity contribution in [1.82, 2.24) is 0 Å². The molecule has 0 saturated heterocycles. The largest absolute Gasteiger partial charge is 0.454 e. The van der Waals surface area contributed by atoms with Gasteiger partial charge in [-0.1, -0.05) is 0 Å². The van der Waals surface area contributed by atoms with Crippen LogP contribution in [0.2, 0.25) is 0 Å². The number of halogens is 6. The highest BCUT2D eigenvalue weighted by molar-refractivity contribution is 9.10. The molecule has 0 fully saturated rings. The molecular weight excluding hydrogens is 315 g/mol. The number of alkyl halides is 5. The smallest absolute Gasteiger partial charge is 0.434 e. The van der Waals surface area contributed by atoms with E-state index in [1.54, 1.807) is 0 Å². The number of ether oxygens (including phenoxy) is 1. The number of carbonyl (C=O) groups is 1. The average Bonchev–Trinajstić information content (AvgIpc) is 2.18. The van der Waals surface area contributed by atoms with Crippen LogP contribution in [0.4, 0.5) is 22.0 Å². The highest BCUT2D eigenvalue weighted by Gasteiger charge is 2.39. The van der Waals surface area contributed by atoms with Crippen LogP contribution in [0.5, 0.6) is 5.75 Å². The van der Waals surface area contributed by atoms with Crippen LogP contribution >= 0.6 is 15.9 Å². The predicted molar refractivity (Wildman–Crippen MR) is 51.2 cm³/mol. The lowest BCUT2D eigenvalue weighted by molar-refractivity contribution is -0.0885. The summed E-state index contributed by atoms with van der Waals surface area (Å²) in [5, 5.41) is 0. The lowest BCUT2D eigenvalue weighted by Gasteiger charge is -2.09. The number of rotatable bonds is 3. The quantitative estimate of drug-likeness (QED) is 0.626. The van der Waals surface area contributed by atoms with E-state index < -0.39 is 29.9 Å². The zero-order valence-electron chi connectivity index (χ0n) is 7.89. The Morgan fingerprint density at radius 2 is 1.88 bits per heavy atom. The molecule has 1 aromatic carbocycles. The maximum absolute atomic E-state index is 12.1. The van der Waals surface area contributed by atoms with Gasteiger partial charge in [-0.05, 0) is 34.1 Å². The van der Waals surface area contributed by atoms with Crippen molar-refractivity contribution in [2.75, 3.05) is 0 Å². The number of benzene rings is 1. The second kappa shape index (κ2) is 4.99. The van der Waals surface area contributed by atoms with Crippen molar-refractivity contribution in [3.63, 3.8) is 0 Å². The molecule has 0 aromatic heterocycles. The summed E-state index contributed by atoms with van der Waals surface area (Å²) in [4.78, 5) is 10.8. The Labute approximate surface area is 100 Å². The predicted octanol–water partition coefficient (Wildman–Crippen LogP) is 3.80. The number of Topliss-reactive ketones (excluding diaryl/α,β-unsaturated/α-hetero) is 1. The van der Waals surface area contributed by atoms with Gasteiger partial charge in [-0.3, -0.25) is 4.79 Å². The van der Waals surface area contributed by atoms with Gasteiger partial charge in [-0.25, -0.2) is 0 Å². The lowest BCUT2D eigenvalue weighted by atomic mass is 10.1. The first-order valence-corrected chi connectivity index (χ1v) is 4.87. The van der Waals surface area contributed by atoms with E-state index in [4.69, 9.17) is 0 Å². The van der Waals surface area contributed by atoms with Crippen molar-refractivity contribution in [2.24, 2.45) is 0 Å². The Morgan fingerprint density at radius 3 is 2.35 bits per heavy atom. The molecule has 0 aliphatic carbocycles. The van der Waals surface area contributed by atoms with Crippen LogP contribution in [0, 0.1) is 0 Å². The van der Waals surface area contributed by atoms with E-state index in [0.717, 1.165) is 12.1 Å². The summed E-state index contributed by atoms with van der Waals surface area (Å²) >= 11 is 2.81. The van der Waals surface area contributed by atoms with E-state index in [2.05, 4.69) is 20.7 Å². The van der Waals surface area contributed by atoms with Gasteiger partial charge in [-0.2, -0.15) is 22.0 Å². The highest BCUT2D eigenvalue weighted by atomic mass is 79.9. The first-order chi connectivity index (χ1) is 7.71. The fraction of sp³-hybridized carbons (Fsp3) is 0.222. The Balaban J connectivity index is 3.08. The van der Waals surface area contributed by atoms with Gasteiger partial charge >= 0.3 is 12.8 Å². The Morgan fingerprint density at radius 1 is 1.29 bits per heavy atom. The first-order valence-electron chi connectivity index (χ1n) is 4.07. The topological polar surface area (TPSA) is 26.3 Å². The van der Waals surface area contributed by atoms with Crippen LogP contribution in [0.15, 0.2) is 22.7 Å². The fourth-order valence-corrected chi connectivity index (χ4v) is 1.33. The molecule has 0 radical (unpaired) electrons. The Bertz CT molecular complexity index is 430. The van der Waals surface area contributed by atoms with E-state index in [1.165, 1.54) is 0 Å². The molecule has 1 rings (SSSR count). The maximum atomic E-state index is 12.1. The zero-order chi connectivity index (χ0) is 13.2. The summed E-state index contributed by atoms with van der Waals surface area (Å²) in [7, 11) is 0. The SMILES string of the molecule is O=C(c1ccc(Br)c(OC(F)F)c1)C(F)(F)F. The van der Waals surface area contributed by atoms with Crippen molar-refractivity contribution in [2.45, 2.75) is 12.8 Å². The van der Waals surface area contributed by atoms with Gasteiger partial charge in [0.05, 0.1) is 4.47 Å². The van der Waals surface area contributed by atoms with E-state index in [-0.39, 0.29) is 4.47 Å². The molecule has 0 aliphatic heterocycles. The first kappa shape index (κ1) is 13.9. The molecule has 0 amide bonds. The minimum absolute atomic E-state index is 0.0246. The number of hydrogen-bond donors (Lipinski definition) is 0. The minimum Gasteiger partial charge on any atom is -0.434 e. The monoisotopic (exact) mass is 318 g/mol. The van der Waals surface area contributed by atoms with Crippen molar-refractivity contribution >= 4 is 21.7 Å². The second-order valence-electron chi connectivity index (χ2n) is 2.85. The van der Waals surface area contributed by atoms with Crippen LogP contribution < -0.4 is 4.74 Å². The molecule has 0 atom stereocenters. The van der Waals surface area contributed by atoms with Gasteiger partial charge in [-0.15, -0.1) is 0 Å². The third-order valence-electron chi connectivity index (χ3n) is 1.67. The molecule has 0 heterocycles. The number of hydrogen-bond acceptors (Lipinski definition) is 2. The van der Waals surface area contributed by atoms with Crippen molar-refractivity contribution in [1.29, 1.82) is 0 Å². The van der Waals surface area contributed by atoms with Crippen LogP contribution in [-0.2, 0) is 0 Å². The number of carbonyl (C=O) groups excluding carboxylic acids is 1. The van der Waals surface area contributed by atoms with E-state index >= 15 is 0 Å². The fourth-order valence-electron chi connectivity index (χ4n) is 0.995. The van der Waals surface area contributed by atoms with Gasteiger partial charge in [0.2, 0.25) is 0 Å². The minimum atomic E-state index is -5.06. The van der Waals surface area contributed by atoms with Gasteiger partial charge in [0.25, 0.3) is 5.78 Å². The number of ketones is 1.